The van der Waals surface area contributed by atoms with Crippen LogP contribution in [0.25, 0.3) is 0 Å². The number of rotatable bonds is 9. The second kappa shape index (κ2) is 8.96. The van der Waals surface area contributed by atoms with Crippen molar-refractivity contribution in [3.63, 3.8) is 0 Å². The summed E-state index contributed by atoms with van der Waals surface area (Å²) < 4.78 is 13.3. The molecule has 1 rings (SSSR count). The van der Waals surface area contributed by atoms with Crippen molar-refractivity contribution in [3.05, 3.63) is 30.1 Å². The molecule has 1 aromatic rings. The van der Waals surface area contributed by atoms with Crippen molar-refractivity contribution in [3.8, 4) is 0 Å². The van der Waals surface area contributed by atoms with Crippen LogP contribution in [0.2, 0.25) is 0 Å². The average molecular weight is 314 g/mol. The van der Waals surface area contributed by atoms with Crippen molar-refractivity contribution in [1.82, 2.24) is 5.32 Å². The number of aliphatic carboxylic acids is 1. The number of para-hydroxylation sites is 1. The Hall–Kier alpha value is -2.09. The summed E-state index contributed by atoms with van der Waals surface area (Å²) in [5.74, 6) is -1.49. The van der Waals surface area contributed by atoms with E-state index in [0.717, 1.165) is 0 Å². The van der Waals surface area contributed by atoms with Crippen molar-refractivity contribution >= 4 is 35.7 Å². The third-order valence-electron chi connectivity index (χ3n) is 2.47. The minimum Gasteiger partial charge on any atom is -0.480 e. The summed E-state index contributed by atoms with van der Waals surface area (Å²) in [7, 11) is 0. The highest BCUT2D eigenvalue weighted by Gasteiger charge is 2.16. The molecule has 0 radical (unpaired) electrons. The molecule has 0 heterocycles. The molecule has 0 spiro atoms. The molecule has 0 aliphatic carbocycles. The van der Waals surface area contributed by atoms with Gasteiger partial charge in [-0.15, -0.1) is 0 Å². The fraction of sp³-hybridized carbons (Fsp3) is 0.308. The van der Waals surface area contributed by atoms with Gasteiger partial charge in [-0.1, -0.05) is 12.1 Å². The number of hydrogen-bond acceptors (Lipinski definition) is 4. The van der Waals surface area contributed by atoms with Gasteiger partial charge in [0.05, 0.1) is 5.69 Å². The van der Waals surface area contributed by atoms with Gasteiger partial charge >= 0.3 is 5.97 Å². The van der Waals surface area contributed by atoms with E-state index in [4.69, 9.17) is 5.11 Å². The molecule has 8 heteroatoms. The van der Waals surface area contributed by atoms with E-state index in [0.29, 0.717) is 12.2 Å². The molecule has 3 N–H and O–H groups in total. The zero-order valence-corrected chi connectivity index (χ0v) is 11.9. The summed E-state index contributed by atoms with van der Waals surface area (Å²) in [6.45, 7) is 0. The van der Waals surface area contributed by atoms with Crippen molar-refractivity contribution in [2.75, 3.05) is 16.8 Å². The van der Waals surface area contributed by atoms with Crippen LogP contribution in [0.5, 0.6) is 0 Å². The SMILES string of the molecule is O=CNC(CSCCC(=O)Nc1ccccc1F)C(=O)O. The number of carbonyl (C=O) groups excluding carboxylic acids is 2. The van der Waals surface area contributed by atoms with E-state index < -0.39 is 17.8 Å². The molecule has 21 heavy (non-hydrogen) atoms. The van der Waals surface area contributed by atoms with E-state index in [2.05, 4.69) is 10.6 Å². The van der Waals surface area contributed by atoms with Gasteiger partial charge in [-0.2, -0.15) is 11.8 Å². The molecule has 0 saturated heterocycles. The van der Waals surface area contributed by atoms with Gasteiger partial charge in [0.1, 0.15) is 11.9 Å². The first-order valence-electron chi connectivity index (χ1n) is 6.09. The third kappa shape index (κ3) is 6.26. The number of benzene rings is 1. The predicted octanol–water partition coefficient (Wildman–Crippen LogP) is 1.09. The number of carboxylic acids is 1. The number of hydrogen-bond donors (Lipinski definition) is 3. The molecule has 1 atom stereocenters. The highest BCUT2D eigenvalue weighted by atomic mass is 32.2. The maximum atomic E-state index is 13.3. The van der Waals surface area contributed by atoms with E-state index in [1.807, 2.05) is 0 Å². The van der Waals surface area contributed by atoms with Crippen LogP contribution in [0, 0.1) is 5.82 Å². The maximum absolute atomic E-state index is 13.3. The van der Waals surface area contributed by atoms with Crippen LogP contribution in [-0.4, -0.2) is 40.9 Å². The lowest BCUT2D eigenvalue weighted by Crippen LogP contribution is -2.37. The fourth-order valence-electron chi connectivity index (χ4n) is 1.41. The minimum atomic E-state index is -1.13. The molecule has 1 unspecified atom stereocenters. The van der Waals surface area contributed by atoms with Gasteiger partial charge in [-0.3, -0.25) is 9.59 Å². The Kier molecular flexibility index (Phi) is 7.24. The predicted molar refractivity (Wildman–Crippen MR) is 77.6 cm³/mol. The highest BCUT2D eigenvalue weighted by molar-refractivity contribution is 7.99. The van der Waals surface area contributed by atoms with E-state index >= 15 is 0 Å². The number of nitrogens with one attached hydrogen (secondary N) is 2. The Morgan fingerprint density at radius 2 is 2.10 bits per heavy atom. The quantitative estimate of drug-likeness (QED) is 0.468. The number of amides is 2. The highest BCUT2D eigenvalue weighted by Crippen LogP contribution is 2.13. The Labute approximate surface area is 125 Å². The normalized spacial score (nSPS) is 11.5. The largest absolute Gasteiger partial charge is 0.480 e. The summed E-state index contributed by atoms with van der Waals surface area (Å²) in [6.07, 6.45) is 0.441. The number of thioether (sulfide) groups is 1. The number of carbonyl (C=O) groups is 3. The fourth-order valence-corrected chi connectivity index (χ4v) is 2.39. The average Bonchev–Trinajstić information content (AvgIpc) is 2.44. The Bertz CT molecular complexity index is 513. The van der Waals surface area contributed by atoms with Crippen molar-refractivity contribution < 1.29 is 23.9 Å². The van der Waals surface area contributed by atoms with Crippen LogP contribution in [0.15, 0.2) is 24.3 Å². The van der Waals surface area contributed by atoms with E-state index in [1.165, 1.54) is 30.0 Å². The first-order chi connectivity index (χ1) is 10.0. The summed E-state index contributed by atoms with van der Waals surface area (Å²) in [5.41, 5.74) is 0.110. The molecule has 0 aliphatic heterocycles. The van der Waals surface area contributed by atoms with Crippen LogP contribution in [0.3, 0.4) is 0 Å². The van der Waals surface area contributed by atoms with Crippen LogP contribution in [0.4, 0.5) is 10.1 Å². The van der Waals surface area contributed by atoms with E-state index in [9.17, 15) is 18.8 Å². The van der Waals surface area contributed by atoms with Crippen LogP contribution >= 0.6 is 11.8 Å². The summed E-state index contributed by atoms with van der Waals surface area (Å²) in [4.78, 5) is 32.5. The second-order valence-electron chi connectivity index (χ2n) is 4.03. The van der Waals surface area contributed by atoms with Gasteiger partial charge in [-0.05, 0) is 12.1 Å². The van der Waals surface area contributed by atoms with Gasteiger partial charge in [0.25, 0.3) is 0 Å². The van der Waals surface area contributed by atoms with Gasteiger partial charge < -0.3 is 15.7 Å². The van der Waals surface area contributed by atoms with Gasteiger partial charge in [-0.25, -0.2) is 9.18 Å². The van der Waals surface area contributed by atoms with Crippen molar-refractivity contribution in [1.29, 1.82) is 0 Å². The molecule has 0 bridgehead atoms. The second-order valence-corrected chi connectivity index (χ2v) is 5.18. The van der Waals surface area contributed by atoms with E-state index in [1.54, 1.807) is 6.07 Å². The van der Waals surface area contributed by atoms with Crippen molar-refractivity contribution in [2.24, 2.45) is 0 Å². The molecule has 0 aliphatic rings. The topological polar surface area (TPSA) is 95.5 Å². The van der Waals surface area contributed by atoms with E-state index in [-0.39, 0.29) is 23.8 Å². The number of halogens is 1. The molecule has 0 saturated carbocycles. The lowest BCUT2D eigenvalue weighted by Gasteiger charge is -2.10. The Morgan fingerprint density at radius 1 is 1.38 bits per heavy atom. The first kappa shape index (κ1) is 17.0. The molecule has 0 fully saturated rings. The smallest absolute Gasteiger partial charge is 0.327 e. The lowest BCUT2D eigenvalue weighted by atomic mass is 10.3. The summed E-state index contributed by atoms with van der Waals surface area (Å²) in [5, 5.41) is 13.4. The molecular weight excluding hydrogens is 299 g/mol. The van der Waals surface area contributed by atoms with Crippen molar-refractivity contribution in [2.45, 2.75) is 12.5 Å². The number of carboxylic acid groups (broad SMARTS) is 1. The summed E-state index contributed by atoms with van der Waals surface area (Å²) in [6, 6.07) is 4.84. The maximum Gasteiger partial charge on any atom is 0.327 e. The first-order valence-corrected chi connectivity index (χ1v) is 7.24. The lowest BCUT2D eigenvalue weighted by molar-refractivity contribution is -0.139. The molecule has 114 valence electrons. The minimum absolute atomic E-state index is 0.110. The molecular formula is C13H15FN2O4S. The molecule has 0 aromatic heterocycles. The van der Waals surface area contributed by atoms with Gasteiger partial charge in [0, 0.05) is 17.9 Å². The molecule has 2 amide bonds. The van der Waals surface area contributed by atoms with Crippen LogP contribution < -0.4 is 10.6 Å². The Balaban J connectivity index is 2.29. The zero-order chi connectivity index (χ0) is 15.7. The Morgan fingerprint density at radius 3 is 2.71 bits per heavy atom. The molecule has 1 aromatic carbocycles. The zero-order valence-electron chi connectivity index (χ0n) is 11.0. The van der Waals surface area contributed by atoms with Crippen LogP contribution in [0.1, 0.15) is 6.42 Å². The summed E-state index contributed by atoms with van der Waals surface area (Å²) >= 11 is 1.22. The van der Waals surface area contributed by atoms with Crippen LogP contribution in [-0.2, 0) is 14.4 Å². The number of anilines is 1. The molecule has 6 nitrogen and oxygen atoms in total. The standard InChI is InChI=1S/C13H15FN2O4S/c14-9-3-1-2-4-10(9)16-12(18)5-6-21-7-11(13(19)20)15-8-17/h1-4,8,11H,5-7H2,(H,15,17)(H,16,18)(H,19,20). The van der Waals surface area contributed by atoms with Gasteiger partial charge in [0.15, 0.2) is 0 Å². The van der Waals surface area contributed by atoms with Gasteiger partial charge in [0.2, 0.25) is 12.3 Å². The third-order valence-corrected chi connectivity index (χ3v) is 3.54. The monoisotopic (exact) mass is 314 g/mol.